The highest BCUT2D eigenvalue weighted by molar-refractivity contribution is 5.97. The molecule has 1 amide bonds. The molecule has 1 saturated heterocycles. The van der Waals surface area contributed by atoms with Crippen molar-refractivity contribution in [2.75, 3.05) is 13.2 Å². The van der Waals surface area contributed by atoms with Crippen molar-refractivity contribution in [1.82, 2.24) is 14.9 Å². The first kappa shape index (κ1) is 19.1. The van der Waals surface area contributed by atoms with Gasteiger partial charge in [0.1, 0.15) is 0 Å². The zero-order chi connectivity index (χ0) is 20.2. The summed E-state index contributed by atoms with van der Waals surface area (Å²) in [5, 5.41) is 3.23. The fraction of sp³-hybridized carbons (Fsp3) is 0.318. The molecule has 1 fully saturated rings. The Morgan fingerprint density at radius 1 is 1.17 bits per heavy atom. The van der Waals surface area contributed by atoms with Crippen LogP contribution < -0.4 is 16.6 Å². The summed E-state index contributed by atoms with van der Waals surface area (Å²) in [7, 11) is 0. The quantitative estimate of drug-likeness (QED) is 0.668. The van der Waals surface area contributed by atoms with Gasteiger partial charge in [-0.3, -0.25) is 14.2 Å². The minimum atomic E-state index is -0.477. The number of amides is 1. The highest BCUT2D eigenvalue weighted by atomic mass is 16.5. The monoisotopic (exact) mass is 393 g/mol. The second-order valence-electron chi connectivity index (χ2n) is 7.23. The van der Waals surface area contributed by atoms with E-state index >= 15 is 0 Å². The number of carbonyl (C=O) groups excluding carboxylic acids is 1. The summed E-state index contributed by atoms with van der Waals surface area (Å²) < 4.78 is 6.70. The van der Waals surface area contributed by atoms with Gasteiger partial charge in [-0.15, -0.1) is 0 Å². The van der Waals surface area contributed by atoms with Crippen molar-refractivity contribution in [3.8, 4) is 0 Å². The number of aromatic nitrogens is 2. The number of ether oxygens (including phenoxy) is 1. The fourth-order valence-corrected chi connectivity index (χ4v) is 3.60. The van der Waals surface area contributed by atoms with E-state index in [2.05, 4.69) is 10.3 Å². The molecule has 0 unspecified atom stereocenters. The van der Waals surface area contributed by atoms with E-state index in [0.29, 0.717) is 29.4 Å². The molecular formula is C22H23N3O4. The average Bonchev–Trinajstić information content (AvgIpc) is 3.26. The van der Waals surface area contributed by atoms with E-state index in [1.807, 2.05) is 30.3 Å². The van der Waals surface area contributed by atoms with Gasteiger partial charge in [-0.25, -0.2) is 4.79 Å². The third-order valence-corrected chi connectivity index (χ3v) is 5.23. The van der Waals surface area contributed by atoms with Gasteiger partial charge in [0.15, 0.2) is 0 Å². The third kappa shape index (κ3) is 4.30. The molecule has 1 aromatic heterocycles. The Morgan fingerprint density at radius 3 is 2.76 bits per heavy atom. The van der Waals surface area contributed by atoms with Gasteiger partial charge in [0.05, 0.1) is 17.0 Å². The summed E-state index contributed by atoms with van der Waals surface area (Å²) in [6.45, 7) is 1.47. The molecule has 1 aliphatic heterocycles. The predicted octanol–water partition coefficient (Wildman–Crippen LogP) is 1.84. The van der Waals surface area contributed by atoms with Crippen molar-refractivity contribution in [2.45, 2.75) is 31.9 Å². The number of nitrogens with one attached hydrogen (secondary N) is 2. The Bertz CT molecular complexity index is 1130. The molecule has 4 rings (SSSR count). The van der Waals surface area contributed by atoms with Crippen LogP contribution in [0, 0.1) is 0 Å². The van der Waals surface area contributed by atoms with Crippen LogP contribution in [0.5, 0.6) is 0 Å². The maximum Gasteiger partial charge on any atom is 0.328 e. The van der Waals surface area contributed by atoms with Gasteiger partial charge < -0.3 is 15.0 Å². The SMILES string of the molecule is O=C(NC[C@@H]1CCCO1)c1ccc2c(=O)n(CCc3ccccc3)c(=O)[nH]c2c1. The van der Waals surface area contributed by atoms with Gasteiger partial charge in [-0.1, -0.05) is 30.3 Å². The molecule has 150 valence electrons. The summed E-state index contributed by atoms with van der Waals surface area (Å²) in [5.41, 5.74) is 0.979. The number of aryl methyl sites for hydroxylation is 1. The zero-order valence-corrected chi connectivity index (χ0v) is 16.0. The lowest BCUT2D eigenvalue weighted by atomic mass is 10.1. The van der Waals surface area contributed by atoms with E-state index < -0.39 is 5.69 Å². The molecule has 2 N–H and O–H groups in total. The topological polar surface area (TPSA) is 93.2 Å². The molecule has 0 saturated carbocycles. The van der Waals surface area contributed by atoms with Gasteiger partial charge in [-0.2, -0.15) is 0 Å². The Hall–Kier alpha value is -3.19. The number of hydrogen-bond donors (Lipinski definition) is 2. The van der Waals surface area contributed by atoms with Crippen molar-refractivity contribution in [3.05, 3.63) is 80.5 Å². The summed E-state index contributed by atoms with van der Waals surface area (Å²) >= 11 is 0. The van der Waals surface area contributed by atoms with Crippen LogP contribution in [-0.2, 0) is 17.7 Å². The minimum absolute atomic E-state index is 0.0519. The van der Waals surface area contributed by atoms with Gasteiger partial charge in [0.25, 0.3) is 11.5 Å². The molecular weight excluding hydrogens is 370 g/mol. The van der Waals surface area contributed by atoms with Crippen molar-refractivity contribution >= 4 is 16.8 Å². The third-order valence-electron chi connectivity index (χ3n) is 5.23. The van der Waals surface area contributed by atoms with Crippen molar-refractivity contribution < 1.29 is 9.53 Å². The van der Waals surface area contributed by atoms with Crippen LogP contribution in [0.15, 0.2) is 58.1 Å². The number of aromatic amines is 1. The lowest BCUT2D eigenvalue weighted by Gasteiger charge is -2.11. The number of H-pyrrole nitrogens is 1. The summed E-state index contributed by atoms with van der Waals surface area (Å²) in [6.07, 6.45) is 2.58. The maximum atomic E-state index is 12.8. The Balaban J connectivity index is 1.54. The average molecular weight is 393 g/mol. The molecule has 7 heteroatoms. The van der Waals surface area contributed by atoms with E-state index in [0.717, 1.165) is 25.0 Å². The Labute approximate surface area is 167 Å². The van der Waals surface area contributed by atoms with Crippen LogP contribution in [0.25, 0.3) is 10.9 Å². The number of hydrogen-bond acceptors (Lipinski definition) is 4. The summed E-state index contributed by atoms with van der Waals surface area (Å²) in [6, 6.07) is 14.4. The normalized spacial score (nSPS) is 16.2. The molecule has 1 atom stereocenters. The van der Waals surface area contributed by atoms with Gasteiger partial charge in [0.2, 0.25) is 0 Å². The first-order chi connectivity index (χ1) is 14.1. The second kappa shape index (κ2) is 8.45. The van der Waals surface area contributed by atoms with Crippen molar-refractivity contribution in [3.63, 3.8) is 0 Å². The highest BCUT2D eigenvalue weighted by Gasteiger charge is 2.17. The molecule has 2 heterocycles. The zero-order valence-electron chi connectivity index (χ0n) is 16.0. The van der Waals surface area contributed by atoms with Gasteiger partial charge in [-0.05, 0) is 43.0 Å². The van der Waals surface area contributed by atoms with Crippen molar-refractivity contribution in [1.29, 1.82) is 0 Å². The van der Waals surface area contributed by atoms with Crippen LogP contribution in [0.4, 0.5) is 0 Å². The Morgan fingerprint density at radius 2 is 2.00 bits per heavy atom. The molecule has 3 aromatic rings. The lowest BCUT2D eigenvalue weighted by molar-refractivity contribution is 0.0858. The highest BCUT2D eigenvalue weighted by Crippen LogP contribution is 2.12. The smallest absolute Gasteiger partial charge is 0.328 e. The molecule has 0 radical (unpaired) electrons. The number of benzene rings is 2. The molecule has 7 nitrogen and oxygen atoms in total. The minimum Gasteiger partial charge on any atom is -0.376 e. The van der Waals surface area contributed by atoms with Crippen molar-refractivity contribution in [2.24, 2.45) is 0 Å². The van der Waals surface area contributed by atoms with Gasteiger partial charge in [0, 0.05) is 25.3 Å². The van der Waals surface area contributed by atoms with Gasteiger partial charge >= 0.3 is 5.69 Å². The number of nitrogens with zero attached hydrogens (tertiary/aromatic N) is 1. The molecule has 0 bridgehead atoms. The first-order valence-electron chi connectivity index (χ1n) is 9.82. The molecule has 0 spiro atoms. The fourth-order valence-electron chi connectivity index (χ4n) is 3.60. The Kier molecular flexibility index (Phi) is 5.57. The van der Waals surface area contributed by atoms with Crippen LogP contribution >= 0.6 is 0 Å². The maximum absolute atomic E-state index is 12.8. The first-order valence-corrected chi connectivity index (χ1v) is 9.82. The van der Waals surface area contributed by atoms with E-state index in [9.17, 15) is 14.4 Å². The van der Waals surface area contributed by atoms with Crippen LogP contribution in [0.2, 0.25) is 0 Å². The number of carbonyl (C=O) groups is 1. The molecule has 2 aromatic carbocycles. The second-order valence-corrected chi connectivity index (χ2v) is 7.23. The standard InChI is InChI=1S/C22H23N3O4/c26-20(23-14-17-7-4-12-29-17)16-8-9-18-19(13-16)24-22(28)25(21(18)27)11-10-15-5-2-1-3-6-15/h1-3,5-6,8-9,13,17H,4,7,10-12,14H2,(H,23,26)(H,24,28)/t17-/m0/s1. The molecule has 29 heavy (non-hydrogen) atoms. The number of rotatable bonds is 6. The summed E-state index contributed by atoms with van der Waals surface area (Å²) in [4.78, 5) is 40.4. The van der Waals surface area contributed by atoms with E-state index in [-0.39, 0.29) is 24.1 Å². The van der Waals surface area contributed by atoms with Crippen LogP contribution in [-0.4, -0.2) is 34.7 Å². The number of fused-ring (bicyclic) bond motifs is 1. The molecule has 0 aliphatic carbocycles. The van der Waals surface area contributed by atoms with E-state index in [1.165, 1.54) is 4.57 Å². The van der Waals surface area contributed by atoms with E-state index in [4.69, 9.17) is 4.74 Å². The largest absolute Gasteiger partial charge is 0.376 e. The summed E-state index contributed by atoms with van der Waals surface area (Å²) in [5.74, 6) is -0.253. The van der Waals surface area contributed by atoms with E-state index in [1.54, 1.807) is 18.2 Å². The lowest BCUT2D eigenvalue weighted by Crippen LogP contribution is -2.36. The van der Waals surface area contributed by atoms with Crippen LogP contribution in [0.1, 0.15) is 28.8 Å². The van der Waals surface area contributed by atoms with Crippen LogP contribution in [0.3, 0.4) is 0 Å². The molecule has 1 aliphatic rings. The predicted molar refractivity (Wildman–Crippen MR) is 110 cm³/mol.